The number of amides is 2. The van der Waals surface area contributed by atoms with Crippen molar-refractivity contribution in [3.63, 3.8) is 0 Å². The second-order valence-corrected chi connectivity index (χ2v) is 18.9. The minimum Gasteiger partial charge on any atom is -0.468 e. The number of anilines is 1. The Hall–Kier alpha value is -4.28. The fourth-order valence-corrected chi connectivity index (χ4v) is 10.6. The van der Waals surface area contributed by atoms with E-state index >= 15 is 0 Å². The number of esters is 2. The number of ether oxygens (including phenoxy) is 3. The zero-order valence-electron chi connectivity index (χ0n) is 31.9. The van der Waals surface area contributed by atoms with Crippen molar-refractivity contribution in [2.45, 2.75) is 87.5 Å². The number of primary sulfonamides is 1. The Labute approximate surface area is 328 Å². The molecule has 4 aliphatic carbocycles. The Bertz CT molecular complexity index is 2060. The molecular weight excluding hydrogens is 765 g/mol. The van der Waals surface area contributed by atoms with Crippen molar-refractivity contribution in [1.29, 1.82) is 5.26 Å². The summed E-state index contributed by atoms with van der Waals surface area (Å²) >= 11 is 0. The molecule has 304 valence electrons. The zero-order valence-corrected chi connectivity index (χ0v) is 33.5. The van der Waals surface area contributed by atoms with E-state index in [9.17, 15) is 31.2 Å². The summed E-state index contributed by atoms with van der Waals surface area (Å²) in [6, 6.07) is 3.89. The molecule has 2 saturated heterocycles. The van der Waals surface area contributed by atoms with Gasteiger partial charge in [-0.05, 0) is 122 Å². The third-order valence-electron chi connectivity index (χ3n) is 11.4. The quantitative estimate of drug-likeness (QED) is 0.242. The molecule has 2 fully saturated rings. The van der Waals surface area contributed by atoms with Gasteiger partial charge in [0.25, 0.3) is 6.26 Å². The van der Waals surface area contributed by atoms with Crippen LogP contribution >= 0.6 is 0 Å². The maximum atomic E-state index is 12.5. The fraction of sp³-hybridized carbons (Fsp3) is 0.579. The second-order valence-electron chi connectivity index (χ2n) is 15.1. The Balaban J connectivity index is 0.000000159. The van der Waals surface area contributed by atoms with Gasteiger partial charge in [-0.2, -0.15) is 0 Å². The number of nitrogens with one attached hydrogen (secondary N) is 2. The Kier molecular flexibility index (Phi) is 12.9. The van der Waals surface area contributed by atoms with Crippen LogP contribution in [-0.4, -0.2) is 109 Å². The highest BCUT2D eigenvalue weighted by Gasteiger charge is 2.39. The van der Waals surface area contributed by atoms with Crippen molar-refractivity contribution in [2.75, 3.05) is 58.8 Å². The molecule has 2 aliphatic heterocycles. The molecule has 0 aromatic heterocycles. The predicted octanol–water partition coefficient (Wildman–Crippen LogP) is 1.63. The SMILES string of the molecule is COC(=O)CN1CC(S(=O)(=O)NC(=O)Nc2c3c(cc4c2CCC4)CCC3)C1.COC(=O)CN1CC(S(N)(=O)=O)C1.N#COc1c2c(cc3c1CCC3)CCC2. The summed E-state index contributed by atoms with van der Waals surface area (Å²) in [6.07, 6.45) is 14.7. The minimum absolute atomic E-state index is 0.0526. The van der Waals surface area contributed by atoms with Gasteiger partial charge in [-0.1, -0.05) is 12.1 Å². The van der Waals surface area contributed by atoms with Gasteiger partial charge >= 0.3 is 18.0 Å². The fourth-order valence-electron chi connectivity index (χ4n) is 8.45. The average Bonchev–Trinajstić information content (AvgIpc) is 3.94. The summed E-state index contributed by atoms with van der Waals surface area (Å²) in [6.45, 7) is 1.21. The number of carbonyl (C=O) groups is 3. The van der Waals surface area contributed by atoms with Crippen molar-refractivity contribution < 1.29 is 45.4 Å². The van der Waals surface area contributed by atoms with Crippen LogP contribution in [0.5, 0.6) is 5.75 Å². The summed E-state index contributed by atoms with van der Waals surface area (Å²) in [4.78, 5) is 37.8. The number of carbonyl (C=O) groups excluding carboxylic acids is 3. The highest BCUT2D eigenvalue weighted by Crippen LogP contribution is 2.40. The number of benzene rings is 2. The first-order valence-electron chi connectivity index (χ1n) is 19.0. The molecule has 2 aromatic carbocycles. The highest BCUT2D eigenvalue weighted by atomic mass is 32.2. The van der Waals surface area contributed by atoms with Crippen LogP contribution < -0.4 is 19.9 Å². The predicted molar refractivity (Wildman–Crippen MR) is 206 cm³/mol. The third-order valence-corrected chi connectivity index (χ3v) is 14.3. The van der Waals surface area contributed by atoms with E-state index in [1.165, 1.54) is 60.4 Å². The molecule has 8 rings (SSSR count). The summed E-state index contributed by atoms with van der Waals surface area (Å²) in [5.41, 5.74) is 11.1. The number of nitrogens with zero attached hydrogens (tertiary/aromatic N) is 3. The first kappa shape index (κ1) is 41.4. The molecular formula is C38H50N6O10S2. The van der Waals surface area contributed by atoms with Gasteiger partial charge in [-0.3, -0.25) is 19.4 Å². The van der Waals surface area contributed by atoms with Crippen LogP contribution in [0.2, 0.25) is 0 Å². The van der Waals surface area contributed by atoms with Crippen molar-refractivity contribution in [3.05, 3.63) is 56.6 Å². The number of fused-ring (bicyclic) bond motifs is 4. The number of sulfonamides is 2. The van der Waals surface area contributed by atoms with Crippen molar-refractivity contribution >= 4 is 43.7 Å². The smallest absolute Gasteiger partial charge is 0.332 e. The van der Waals surface area contributed by atoms with Crippen LogP contribution in [0.1, 0.15) is 70.2 Å². The lowest BCUT2D eigenvalue weighted by molar-refractivity contribution is -0.143. The Morgan fingerprint density at radius 3 is 1.54 bits per heavy atom. The molecule has 56 heavy (non-hydrogen) atoms. The van der Waals surface area contributed by atoms with E-state index in [0.29, 0.717) is 13.1 Å². The molecule has 0 unspecified atom stereocenters. The van der Waals surface area contributed by atoms with E-state index in [1.54, 1.807) is 9.80 Å². The van der Waals surface area contributed by atoms with E-state index in [-0.39, 0.29) is 32.1 Å². The first-order chi connectivity index (χ1) is 26.7. The molecule has 18 heteroatoms. The number of likely N-dealkylation sites (tertiary alicyclic amines) is 2. The topological polar surface area (TPSA) is 228 Å². The highest BCUT2D eigenvalue weighted by molar-refractivity contribution is 7.90. The van der Waals surface area contributed by atoms with Gasteiger partial charge in [0, 0.05) is 31.9 Å². The van der Waals surface area contributed by atoms with Crippen LogP contribution in [0.25, 0.3) is 0 Å². The van der Waals surface area contributed by atoms with Crippen LogP contribution in [0.3, 0.4) is 0 Å². The monoisotopic (exact) mass is 814 g/mol. The summed E-state index contributed by atoms with van der Waals surface area (Å²) < 4.78 is 62.8. The van der Waals surface area contributed by atoms with E-state index in [1.807, 2.05) is 6.26 Å². The number of methoxy groups -OCH3 is 2. The maximum absolute atomic E-state index is 12.5. The van der Waals surface area contributed by atoms with Gasteiger partial charge in [-0.25, -0.2) is 31.5 Å². The van der Waals surface area contributed by atoms with Gasteiger partial charge < -0.3 is 19.5 Å². The summed E-state index contributed by atoms with van der Waals surface area (Å²) in [5.74, 6) is 0.126. The standard InChI is InChI=1S/C19H25N3O5S.C13H13NO.C6H12N2O4S/c1-27-17(23)11-22-9-14(10-22)28(25,26)21-19(24)20-18-15-6-2-4-12(15)8-13-5-3-7-16(13)18;14-8-15-13-11-5-1-3-9(11)7-10-4-2-6-12(10)13;1-12-6(9)4-8-2-5(3-8)13(7,10)11/h8,14H,2-7,9-11H2,1H3,(H2,20,21,24);7H,1-6H2;5H,2-4H2,1H3,(H2,7,10,11). The molecule has 4 N–H and O–H groups in total. The lowest BCUT2D eigenvalue weighted by Crippen LogP contribution is -2.59. The normalized spacial score (nSPS) is 18.5. The van der Waals surface area contributed by atoms with Gasteiger partial charge in [0.05, 0.1) is 27.3 Å². The minimum atomic E-state index is -3.80. The summed E-state index contributed by atoms with van der Waals surface area (Å²) in [7, 11) is -4.66. The lowest BCUT2D eigenvalue weighted by Gasteiger charge is -2.37. The van der Waals surface area contributed by atoms with E-state index in [2.05, 4.69) is 31.6 Å². The lowest BCUT2D eigenvalue weighted by atomic mass is 9.99. The Morgan fingerprint density at radius 2 is 1.12 bits per heavy atom. The first-order valence-corrected chi connectivity index (χ1v) is 22.2. The number of urea groups is 1. The second kappa shape index (κ2) is 17.5. The van der Waals surface area contributed by atoms with Gasteiger partial charge in [0.15, 0.2) is 0 Å². The van der Waals surface area contributed by atoms with E-state index in [0.717, 1.165) is 86.8 Å². The van der Waals surface area contributed by atoms with Gasteiger partial charge in [0.1, 0.15) is 16.2 Å². The molecule has 0 bridgehead atoms. The van der Waals surface area contributed by atoms with Crippen molar-refractivity contribution in [1.82, 2.24) is 14.5 Å². The molecule has 0 saturated carbocycles. The molecule has 6 aliphatic rings. The van der Waals surface area contributed by atoms with Gasteiger partial charge in [-0.15, -0.1) is 5.26 Å². The van der Waals surface area contributed by atoms with Crippen LogP contribution in [-0.2, 0) is 90.5 Å². The number of nitrogens with two attached hydrogens (primary N) is 1. The molecule has 2 heterocycles. The largest absolute Gasteiger partial charge is 0.468 e. The molecule has 16 nitrogen and oxygen atoms in total. The van der Waals surface area contributed by atoms with Crippen LogP contribution in [0.4, 0.5) is 10.5 Å². The van der Waals surface area contributed by atoms with Crippen LogP contribution in [0.15, 0.2) is 12.1 Å². The van der Waals surface area contributed by atoms with Crippen LogP contribution in [0, 0.1) is 11.5 Å². The number of hydrogen-bond donors (Lipinski definition) is 3. The third kappa shape index (κ3) is 9.46. The van der Waals surface area contributed by atoms with Crippen molar-refractivity contribution in [2.24, 2.45) is 5.14 Å². The maximum Gasteiger partial charge on any atom is 0.332 e. The molecule has 2 aromatic rings. The number of rotatable bonds is 9. The van der Waals surface area contributed by atoms with E-state index in [4.69, 9.17) is 15.1 Å². The Morgan fingerprint density at radius 1 is 0.714 bits per heavy atom. The number of aryl methyl sites for hydroxylation is 4. The van der Waals surface area contributed by atoms with Crippen molar-refractivity contribution in [3.8, 4) is 12.0 Å². The number of nitriles is 1. The van der Waals surface area contributed by atoms with E-state index < -0.39 is 42.5 Å². The average molecular weight is 815 g/mol. The number of hydrogen-bond acceptors (Lipinski definition) is 13. The zero-order chi connectivity index (χ0) is 40.2. The molecule has 2 amide bonds. The molecule has 0 spiro atoms. The molecule has 0 radical (unpaired) electrons. The summed E-state index contributed by atoms with van der Waals surface area (Å²) in [5, 5.41) is 15.2. The van der Waals surface area contributed by atoms with Gasteiger partial charge in [0.2, 0.25) is 20.0 Å². The molecule has 0 atom stereocenters.